The summed E-state index contributed by atoms with van der Waals surface area (Å²) in [6, 6.07) is 1.69. The van der Waals surface area contributed by atoms with Crippen molar-refractivity contribution in [3.05, 3.63) is 17.0 Å². The highest BCUT2D eigenvalue weighted by Gasteiger charge is 2.32. The number of rotatable bonds is 5. The van der Waals surface area contributed by atoms with Crippen LogP contribution in [0.5, 0.6) is 0 Å². The van der Waals surface area contributed by atoms with Gasteiger partial charge in [0.05, 0.1) is 0 Å². The van der Waals surface area contributed by atoms with Crippen molar-refractivity contribution < 1.29 is 8.42 Å². The lowest BCUT2D eigenvalue weighted by Gasteiger charge is -2.15. The fraction of sp³-hybridized carbons (Fsp3) is 0.667. The zero-order valence-corrected chi connectivity index (χ0v) is 12.8. The van der Waals surface area contributed by atoms with Crippen LogP contribution >= 0.6 is 22.9 Å². The minimum atomic E-state index is -3.29. The van der Waals surface area contributed by atoms with Crippen molar-refractivity contribution in [1.82, 2.24) is 4.31 Å². The number of nitrogens with zero attached hydrogens (tertiary/aromatic N) is 1. The third-order valence-electron chi connectivity index (χ3n) is 3.32. The van der Waals surface area contributed by atoms with Crippen LogP contribution in [0, 0.1) is 5.92 Å². The molecule has 0 aliphatic carbocycles. The number of halogens is 1. The average Bonchev–Trinajstić information content (AvgIpc) is 2.98. The SMILES string of the molecule is CCCC1CCN(S(=O)(=O)c2cc(CCl)cs2)C1. The zero-order valence-electron chi connectivity index (χ0n) is 10.4. The number of thiophene rings is 1. The summed E-state index contributed by atoms with van der Waals surface area (Å²) >= 11 is 6.98. The molecule has 0 aromatic carbocycles. The minimum Gasteiger partial charge on any atom is -0.206 e. The molecular weight excluding hydrogens is 290 g/mol. The van der Waals surface area contributed by atoms with Gasteiger partial charge in [-0.15, -0.1) is 22.9 Å². The van der Waals surface area contributed by atoms with Gasteiger partial charge in [0, 0.05) is 19.0 Å². The van der Waals surface area contributed by atoms with E-state index in [0.717, 1.165) is 24.8 Å². The Morgan fingerprint density at radius 3 is 2.94 bits per heavy atom. The average molecular weight is 308 g/mol. The first-order valence-electron chi connectivity index (χ1n) is 6.21. The number of sulfonamides is 1. The van der Waals surface area contributed by atoms with E-state index in [1.54, 1.807) is 10.4 Å². The fourth-order valence-corrected chi connectivity index (χ4v) is 5.48. The van der Waals surface area contributed by atoms with Crippen LogP contribution < -0.4 is 0 Å². The van der Waals surface area contributed by atoms with Gasteiger partial charge in [-0.25, -0.2) is 8.42 Å². The third-order valence-corrected chi connectivity index (χ3v) is 6.96. The molecule has 0 N–H and O–H groups in total. The molecule has 0 bridgehead atoms. The maximum absolute atomic E-state index is 12.4. The number of alkyl halides is 1. The molecule has 0 radical (unpaired) electrons. The Labute approximate surface area is 118 Å². The molecule has 1 aromatic rings. The highest BCUT2D eigenvalue weighted by atomic mass is 35.5. The van der Waals surface area contributed by atoms with Gasteiger partial charge in [0.1, 0.15) is 4.21 Å². The summed E-state index contributed by atoms with van der Waals surface area (Å²) in [7, 11) is -3.29. The first-order chi connectivity index (χ1) is 8.57. The molecule has 2 rings (SSSR count). The van der Waals surface area contributed by atoms with E-state index in [-0.39, 0.29) is 0 Å². The van der Waals surface area contributed by atoms with Gasteiger partial charge in [-0.3, -0.25) is 0 Å². The van der Waals surface area contributed by atoms with Crippen molar-refractivity contribution in [3.8, 4) is 0 Å². The maximum atomic E-state index is 12.4. The largest absolute Gasteiger partial charge is 0.252 e. The summed E-state index contributed by atoms with van der Waals surface area (Å²) in [5.74, 6) is 0.891. The lowest BCUT2D eigenvalue weighted by atomic mass is 10.0. The topological polar surface area (TPSA) is 37.4 Å². The van der Waals surface area contributed by atoms with E-state index in [1.165, 1.54) is 11.3 Å². The molecule has 18 heavy (non-hydrogen) atoms. The molecule has 1 aliphatic heterocycles. The summed E-state index contributed by atoms with van der Waals surface area (Å²) in [5, 5.41) is 1.82. The van der Waals surface area contributed by atoms with Gasteiger partial charge >= 0.3 is 0 Å². The van der Waals surface area contributed by atoms with E-state index in [0.29, 0.717) is 29.1 Å². The molecule has 0 amide bonds. The van der Waals surface area contributed by atoms with Crippen LogP contribution in [0.1, 0.15) is 31.7 Å². The quantitative estimate of drug-likeness (QED) is 0.783. The van der Waals surface area contributed by atoms with Gasteiger partial charge in [0.15, 0.2) is 0 Å². The van der Waals surface area contributed by atoms with Crippen LogP contribution in [0.25, 0.3) is 0 Å². The molecule has 0 spiro atoms. The highest BCUT2D eigenvalue weighted by Crippen LogP contribution is 2.30. The van der Waals surface area contributed by atoms with Crippen molar-refractivity contribution in [2.75, 3.05) is 13.1 Å². The molecule has 1 aliphatic rings. The monoisotopic (exact) mass is 307 g/mol. The second kappa shape index (κ2) is 5.90. The Morgan fingerprint density at radius 2 is 2.33 bits per heavy atom. The second-order valence-corrected chi connectivity index (χ2v) is 8.06. The number of hydrogen-bond acceptors (Lipinski definition) is 3. The van der Waals surface area contributed by atoms with E-state index in [9.17, 15) is 8.42 Å². The zero-order chi connectivity index (χ0) is 13.2. The maximum Gasteiger partial charge on any atom is 0.252 e. The molecule has 1 atom stereocenters. The Bertz CT molecular complexity index is 498. The fourth-order valence-electron chi connectivity index (χ4n) is 2.35. The molecule has 102 valence electrons. The molecule has 2 heterocycles. The molecule has 6 heteroatoms. The Balaban J connectivity index is 2.12. The Hall–Kier alpha value is -0.100. The van der Waals surface area contributed by atoms with Crippen LogP contribution in [0.15, 0.2) is 15.7 Å². The van der Waals surface area contributed by atoms with Crippen molar-refractivity contribution in [1.29, 1.82) is 0 Å². The van der Waals surface area contributed by atoms with Gasteiger partial charge in [-0.1, -0.05) is 13.3 Å². The highest BCUT2D eigenvalue weighted by molar-refractivity contribution is 7.91. The standard InChI is InChI=1S/C12H18ClNO2S2/c1-2-3-10-4-5-14(8-10)18(15,16)12-6-11(7-13)9-17-12/h6,9-10H,2-5,7-8H2,1H3. The summed E-state index contributed by atoms with van der Waals surface area (Å²) in [6.45, 7) is 3.47. The summed E-state index contributed by atoms with van der Waals surface area (Å²) in [4.78, 5) is 0. The van der Waals surface area contributed by atoms with Gasteiger partial charge < -0.3 is 0 Å². The van der Waals surface area contributed by atoms with E-state index >= 15 is 0 Å². The predicted molar refractivity (Wildman–Crippen MR) is 75.6 cm³/mol. The first kappa shape index (κ1) is 14.3. The normalized spacial score (nSPS) is 21.6. The summed E-state index contributed by atoms with van der Waals surface area (Å²) in [6.07, 6.45) is 3.22. The molecule has 1 fully saturated rings. The molecule has 1 aromatic heterocycles. The van der Waals surface area contributed by atoms with Crippen molar-refractivity contribution in [2.24, 2.45) is 5.92 Å². The predicted octanol–water partition coefficient (Wildman–Crippen LogP) is 3.30. The van der Waals surface area contributed by atoms with Crippen LogP contribution in [-0.2, 0) is 15.9 Å². The third kappa shape index (κ3) is 2.90. The molecular formula is C12H18ClNO2S2. The second-order valence-electron chi connectivity index (χ2n) is 4.71. The first-order valence-corrected chi connectivity index (χ1v) is 9.07. The van der Waals surface area contributed by atoms with E-state index in [1.807, 2.05) is 5.38 Å². The Kier molecular flexibility index (Phi) is 4.69. The molecule has 0 saturated carbocycles. The lowest BCUT2D eigenvalue weighted by Crippen LogP contribution is -2.28. The van der Waals surface area contributed by atoms with E-state index in [2.05, 4.69) is 6.92 Å². The van der Waals surface area contributed by atoms with Crippen LogP contribution in [0.2, 0.25) is 0 Å². The van der Waals surface area contributed by atoms with Crippen molar-refractivity contribution in [3.63, 3.8) is 0 Å². The smallest absolute Gasteiger partial charge is 0.206 e. The molecule has 1 saturated heterocycles. The van der Waals surface area contributed by atoms with Gasteiger partial charge in [-0.05, 0) is 35.8 Å². The molecule has 3 nitrogen and oxygen atoms in total. The van der Waals surface area contributed by atoms with E-state index < -0.39 is 10.0 Å². The summed E-state index contributed by atoms with van der Waals surface area (Å²) < 4.78 is 26.9. The van der Waals surface area contributed by atoms with Crippen LogP contribution in [0.4, 0.5) is 0 Å². The lowest BCUT2D eigenvalue weighted by molar-refractivity contribution is 0.446. The Morgan fingerprint density at radius 1 is 1.56 bits per heavy atom. The van der Waals surface area contributed by atoms with Gasteiger partial charge in [-0.2, -0.15) is 4.31 Å². The van der Waals surface area contributed by atoms with Crippen LogP contribution in [0.3, 0.4) is 0 Å². The molecule has 1 unspecified atom stereocenters. The van der Waals surface area contributed by atoms with E-state index in [4.69, 9.17) is 11.6 Å². The number of hydrogen-bond donors (Lipinski definition) is 0. The van der Waals surface area contributed by atoms with Crippen LogP contribution in [-0.4, -0.2) is 25.8 Å². The van der Waals surface area contributed by atoms with Crippen molar-refractivity contribution in [2.45, 2.75) is 36.3 Å². The van der Waals surface area contributed by atoms with Crippen molar-refractivity contribution >= 4 is 33.0 Å². The van der Waals surface area contributed by atoms with Gasteiger partial charge in [0.25, 0.3) is 10.0 Å². The van der Waals surface area contributed by atoms with Gasteiger partial charge in [0.2, 0.25) is 0 Å². The minimum absolute atomic E-state index is 0.366. The summed E-state index contributed by atoms with van der Waals surface area (Å²) in [5.41, 5.74) is 0.879.